The molecule has 78 valence electrons. The number of nitrogens with two attached hydrogens (primary N) is 1. The monoisotopic (exact) mass is 211 g/mol. The molecule has 0 saturated heterocycles. The fraction of sp³-hybridized carbons (Fsp3) is 0.700. The van der Waals surface area contributed by atoms with Crippen molar-refractivity contribution in [1.29, 1.82) is 0 Å². The van der Waals surface area contributed by atoms with Crippen molar-refractivity contribution in [1.82, 2.24) is 9.88 Å². The number of hydrogen-bond acceptors (Lipinski definition) is 4. The van der Waals surface area contributed by atoms with E-state index in [4.69, 9.17) is 5.73 Å². The summed E-state index contributed by atoms with van der Waals surface area (Å²) in [6.45, 7) is 6.79. The second-order valence-corrected chi connectivity index (χ2v) is 4.89. The van der Waals surface area contributed by atoms with Crippen LogP contribution in [0, 0.1) is 0 Å². The van der Waals surface area contributed by atoms with E-state index in [0.717, 1.165) is 18.1 Å². The molecule has 2 heterocycles. The average molecular weight is 211 g/mol. The number of aromatic nitrogens is 1. The van der Waals surface area contributed by atoms with E-state index in [-0.39, 0.29) is 0 Å². The average Bonchev–Trinajstić information content (AvgIpc) is 2.52. The van der Waals surface area contributed by atoms with Gasteiger partial charge in [-0.05, 0) is 19.9 Å². The smallest absolute Gasteiger partial charge is 0.180 e. The zero-order chi connectivity index (χ0) is 10.1. The zero-order valence-corrected chi connectivity index (χ0v) is 9.60. The third kappa shape index (κ3) is 1.64. The quantitative estimate of drug-likeness (QED) is 0.814. The molecule has 0 amide bonds. The topological polar surface area (TPSA) is 42.2 Å². The fourth-order valence-corrected chi connectivity index (χ4v) is 3.06. The lowest BCUT2D eigenvalue weighted by Gasteiger charge is -2.32. The lowest BCUT2D eigenvalue weighted by atomic mass is 10.1. The Bertz CT molecular complexity index is 321. The van der Waals surface area contributed by atoms with Crippen LogP contribution in [0.25, 0.3) is 0 Å². The van der Waals surface area contributed by atoms with Crippen LogP contribution in [-0.4, -0.2) is 23.0 Å². The van der Waals surface area contributed by atoms with Crippen LogP contribution in [0.1, 0.15) is 36.9 Å². The number of nitrogen functional groups attached to an aromatic ring is 1. The van der Waals surface area contributed by atoms with Gasteiger partial charge in [-0.25, -0.2) is 4.98 Å². The van der Waals surface area contributed by atoms with Gasteiger partial charge in [-0.3, -0.25) is 4.90 Å². The van der Waals surface area contributed by atoms with Gasteiger partial charge in [0.2, 0.25) is 0 Å². The van der Waals surface area contributed by atoms with E-state index in [1.807, 2.05) is 0 Å². The van der Waals surface area contributed by atoms with Crippen molar-refractivity contribution in [3.8, 4) is 0 Å². The Balaban J connectivity index is 2.22. The predicted octanol–water partition coefficient (Wildman–Crippen LogP) is 2.05. The zero-order valence-electron chi connectivity index (χ0n) is 8.79. The Morgan fingerprint density at radius 3 is 3.14 bits per heavy atom. The van der Waals surface area contributed by atoms with Gasteiger partial charge >= 0.3 is 0 Å². The van der Waals surface area contributed by atoms with E-state index in [1.54, 1.807) is 11.3 Å². The highest BCUT2D eigenvalue weighted by Crippen LogP contribution is 2.34. The lowest BCUT2D eigenvalue weighted by molar-refractivity contribution is 0.201. The Morgan fingerprint density at radius 2 is 2.43 bits per heavy atom. The third-order valence-electron chi connectivity index (χ3n) is 2.82. The second-order valence-electron chi connectivity index (χ2n) is 3.82. The van der Waals surface area contributed by atoms with Crippen molar-refractivity contribution in [2.24, 2.45) is 0 Å². The fourth-order valence-electron chi connectivity index (χ4n) is 2.09. The highest BCUT2D eigenvalue weighted by atomic mass is 32.1. The van der Waals surface area contributed by atoms with Crippen LogP contribution in [0.5, 0.6) is 0 Å². The molecule has 2 N–H and O–H groups in total. The van der Waals surface area contributed by atoms with Crippen LogP contribution in [0.2, 0.25) is 0 Å². The maximum absolute atomic E-state index is 5.73. The highest BCUT2D eigenvalue weighted by molar-refractivity contribution is 7.15. The SMILES string of the molecule is CCCN1CCc2nc(N)sc2C1C. The molecule has 1 aromatic rings. The Kier molecular flexibility index (Phi) is 2.74. The molecule has 0 spiro atoms. The van der Waals surface area contributed by atoms with Crippen molar-refractivity contribution in [2.75, 3.05) is 18.8 Å². The molecule has 0 aromatic carbocycles. The van der Waals surface area contributed by atoms with E-state index in [2.05, 4.69) is 23.7 Å². The van der Waals surface area contributed by atoms with Gasteiger partial charge in [-0.1, -0.05) is 6.92 Å². The van der Waals surface area contributed by atoms with Crippen molar-refractivity contribution >= 4 is 16.5 Å². The summed E-state index contributed by atoms with van der Waals surface area (Å²) in [5.41, 5.74) is 6.96. The summed E-state index contributed by atoms with van der Waals surface area (Å²) in [6, 6.07) is 0.508. The minimum atomic E-state index is 0.508. The molecule has 1 atom stereocenters. The highest BCUT2D eigenvalue weighted by Gasteiger charge is 2.26. The molecule has 1 unspecified atom stereocenters. The van der Waals surface area contributed by atoms with E-state index in [0.29, 0.717) is 6.04 Å². The number of nitrogens with zero attached hydrogens (tertiary/aromatic N) is 2. The summed E-state index contributed by atoms with van der Waals surface area (Å²) in [5.74, 6) is 0. The molecule has 3 nitrogen and oxygen atoms in total. The molecule has 2 rings (SSSR count). The standard InChI is InChI=1S/C10H17N3S/c1-3-5-13-6-4-8-9(7(13)2)14-10(11)12-8/h7H,3-6H2,1-2H3,(H2,11,12). The van der Waals surface area contributed by atoms with Gasteiger partial charge in [-0.2, -0.15) is 0 Å². The maximum atomic E-state index is 5.73. The van der Waals surface area contributed by atoms with E-state index in [1.165, 1.54) is 23.5 Å². The first-order valence-corrected chi connectivity index (χ1v) is 6.03. The first-order chi connectivity index (χ1) is 6.72. The van der Waals surface area contributed by atoms with Crippen LogP contribution in [0.4, 0.5) is 5.13 Å². The van der Waals surface area contributed by atoms with Crippen molar-refractivity contribution in [3.63, 3.8) is 0 Å². The first-order valence-electron chi connectivity index (χ1n) is 5.21. The summed E-state index contributed by atoms with van der Waals surface area (Å²) < 4.78 is 0. The van der Waals surface area contributed by atoms with Crippen LogP contribution in [-0.2, 0) is 6.42 Å². The minimum Gasteiger partial charge on any atom is -0.375 e. The van der Waals surface area contributed by atoms with Gasteiger partial charge in [-0.15, -0.1) is 11.3 Å². The molecule has 0 aliphatic carbocycles. The maximum Gasteiger partial charge on any atom is 0.180 e. The van der Waals surface area contributed by atoms with Gasteiger partial charge in [0.15, 0.2) is 5.13 Å². The van der Waals surface area contributed by atoms with Gasteiger partial charge in [0.05, 0.1) is 5.69 Å². The van der Waals surface area contributed by atoms with Crippen molar-refractivity contribution < 1.29 is 0 Å². The van der Waals surface area contributed by atoms with Crippen molar-refractivity contribution in [3.05, 3.63) is 10.6 Å². The number of fused-ring (bicyclic) bond motifs is 1. The number of hydrogen-bond donors (Lipinski definition) is 1. The molecular formula is C10H17N3S. The second kappa shape index (κ2) is 3.87. The van der Waals surface area contributed by atoms with Gasteiger partial charge in [0, 0.05) is 23.9 Å². The van der Waals surface area contributed by atoms with Crippen LogP contribution >= 0.6 is 11.3 Å². The number of thiazole rings is 1. The Hall–Kier alpha value is -0.610. The van der Waals surface area contributed by atoms with Crippen molar-refractivity contribution in [2.45, 2.75) is 32.7 Å². The summed E-state index contributed by atoms with van der Waals surface area (Å²) in [7, 11) is 0. The van der Waals surface area contributed by atoms with Gasteiger partial charge in [0.1, 0.15) is 0 Å². The molecule has 0 bridgehead atoms. The minimum absolute atomic E-state index is 0.508. The van der Waals surface area contributed by atoms with Crippen LogP contribution in [0.3, 0.4) is 0 Å². The van der Waals surface area contributed by atoms with Gasteiger partial charge < -0.3 is 5.73 Å². The molecular weight excluding hydrogens is 194 g/mol. The molecule has 0 fully saturated rings. The number of rotatable bonds is 2. The molecule has 1 aliphatic rings. The summed E-state index contributed by atoms with van der Waals surface area (Å²) in [6.07, 6.45) is 2.28. The van der Waals surface area contributed by atoms with Crippen LogP contribution < -0.4 is 5.73 Å². The summed E-state index contributed by atoms with van der Waals surface area (Å²) in [4.78, 5) is 8.26. The third-order valence-corrected chi connectivity index (χ3v) is 3.91. The van der Waals surface area contributed by atoms with E-state index < -0.39 is 0 Å². The molecule has 14 heavy (non-hydrogen) atoms. The van der Waals surface area contributed by atoms with Gasteiger partial charge in [0.25, 0.3) is 0 Å². The summed E-state index contributed by atoms with van der Waals surface area (Å²) in [5, 5.41) is 0.722. The normalized spacial score (nSPS) is 22.3. The van der Waals surface area contributed by atoms with E-state index >= 15 is 0 Å². The largest absolute Gasteiger partial charge is 0.375 e. The molecule has 1 aromatic heterocycles. The molecule has 0 radical (unpaired) electrons. The predicted molar refractivity (Wildman–Crippen MR) is 60.5 cm³/mol. The molecule has 0 saturated carbocycles. The first kappa shape index (κ1) is 9.93. The Morgan fingerprint density at radius 1 is 1.64 bits per heavy atom. The molecule has 1 aliphatic heterocycles. The Labute approximate surface area is 88.9 Å². The lowest BCUT2D eigenvalue weighted by Crippen LogP contribution is -2.33. The summed E-state index contributed by atoms with van der Waals surface area (Å²) >= 11 is 1.65. The molecule has 4 heteroatoms. The number of anilines is 1. The van der Waals surface area contributed by atoms with Crippen LogP contribution in [0.15, 0.2) is 0 Å². The van der Waals surface area contributed by atoms with E-state index in [9.17, 15) is 0 Å².